The van der Waals surface area contributed by atoms with E-state index in [2.05, 4.69) is 20.3 Å². The van der Waals surface area contributed by atoms with Gasteiger partial charge in [0.2, 0.25) is 5.89 Å². The van der Waals surface area contributed by atoms with Crippen molar-refractivity contribution in [2.45, 2.75) is 50.2 Å². The normalized spacial score (nSPS) is 13.0. The van der Waals surface area contributed by atoms with Crippen LogP contribution in [0.1, 0.15) is 50.6 Å². The van der Waals surface area contributed by atoms with E-state index in [0.717, 1.165) is 0 Å². The maximum Gasteiger partial charge on any atom is 0.277 e. The van der Waals surface area contributed by atoms with Gasteiger partial charge in [-0.3, -0.25) is 0 Å². The van der Waals surface area contributed by atoms with E-state index < -0.39 is 0 Å². The van der Waals surface area contributed by atoms with Crippen molar-refractivity contribution in [2.75, 3.05) is 0 Å². The zero-order valence-corrected chi connectivity index (χ0v) is 16.5. The highest BCUT2D eigenvalue weighted by molar-refractivity contribution is 7.99. The molecule has 0 fully saturated rings. The molecule has 26 heavy (non-hydrogen) atoms. The second-order valence-electron chi connectivity index (χ2n) is 6.65. The first-order chi connectivity index (χ1) is 12.3. The second kappa shape index (κ2) is 7.67. The van der Waals surface area contributed by atoms with Crippen LogP contribution in [0.25, 0.3) is 0 Å². The lowest BCUT2D eigenvalue weighted by atomic mass is 9.96. The topological polar surface area (TPSA) is 87.1 Å². The van der Waals surface area contributed by atoms with Crippen LogP contribution in [0.15, 0.2) is 38.4 Å². The zero-order chi connectivity index (χ0) is 18.7. The van der Waals surface area contributed by atoms with Crippen LogP contribution in [0.2, 0.25) is 5.02 Å². The minimum atomic E-state index is -0.167. The number of nitrogens with zero attached hydrogens (tertiary/aromatic N) is 4. The molecule has 7 nitrogen and oxygen atoms in total. The van der Waals surface area contributed by atoms with Crippen molar-refractivity contribution in [1.82, 2.24) is 20.3 Å². The first kappa shape index (κ1) is 18.7. The summed E-state index contributed by atoms with van der Waals surface area (Å²) in [6, 6.07) is 7.21. The Morgan fingerprint density at radius 1 is 1.23 bits per heavy atom. The highest BCUT2D eigenvalue weighted by atomic mass is 35.5. The number of para-hydroxylation sites is 1. The fraction of sp³-hybridized carbons (Fsp3) is 0.412. The monoisotopic (exact) mass is 394 g/mol. The molecule has 9 heteroatoms. The van der Waals surface area contributed by atoms with Crippen molar-refractivity contribution in [3.8, 4) is 5.75 Å². The molecule has 0 radical (unpaired) electrons. The summed E-state index contributed by atoms with van der Waals surface area (Å²) in [4.78, 5) is 4.44. The van der Waals surface area contributed by atoms with Crippen molar-refractivity contribution in [3.05, 3.63) is 46.9 Å². The number of ether oxygens (including phenoxy) is 1. The molecule has 0 saturated heterocycles. The quantitative estimate of drug-likeness (QED) is 0.549. The van der Waals surface area contributed by atoms with Crippen LogP contribution in [0.5, 0.6) is 5.75 Å². The standard InChI is InChI=1S/C17H19ClN4O3S/c1-10(14-19-15(22-25-14)17(2,3)4)26-16-21-20-13(24-16)9-23-12-8-6-5-7-11(12)18/h5-8,10H,9H2,1-4H3/t10-/m0/s1. The number of halogens is 1. The maximum absolute atomic E-state index is 6.05. The van der Waals surface area contributed by atoms with Gasteiger partial charge in [0, 0.05) is 5.41 Å². The Balaban J connectivity index is 1.59. The van der Waals surface area contributed by atoms with Crippen LogP contribution in [-0.2, 0) is 12.0 Å². The molecule has 2 aromatic heterocycles. The van der Waals surface area contributed by atoms with Crippen LogP contribution in [0, 0.1) is 0 Å². The van der Waals surface area contributed by atoms with E-state index in [1.165, 1.54) is 11.8 Å². The van der Waals surface area contributed by atoms with Gasteiger partial charge in [0.25, 0.3) is 11.1 Å². The second-order valence-corrected chi connectivity index (χ2v) is 8.35. The first-order valence-corrected chi connectivity index (χ1v) is 9.29. The van der Waals surface area contributed by atoms with Gasteiger partial charge in [-0.1, -0.05) is 61.4 Å². The highest BCUT2D eigenvalue weighted by Gasteiger charge is 2.24. The summed E-state index contributed by atoms with van der Waals surface area (Å²) in [5.74, 6) is 2.11. The minimum absolute atomic E-state index is 0.114. The molecule has 0 spiro atoms. The molecule has 0 aliphatic rings. The average molecular weight is 395 g/mol. The molecule has 138 valence electrons. The van der Waals surface area contributed by atoms with Crippen LogP contribution in [0.4, 0.5) is 0 Å². The molecule has 0 bridgehead atoms. The van der Waals surface area contributed by atoms with Crippen LogP contribution < -0.4 is 4.74 Å². The Hall–Kier alpha value is -2.06. The lowest BCUT2D eigenvalue weighted by molar-refractivity contribution is 0.252. The lowest BCUT2D eigenvalue weighted by Gasteiger charge is -2.11. The predicted molar refractivity (Wildman–Crippen MR) is 97.4 cm³/mol. The molecule has 1 aromatic carbocycles. The first-order valence-electron chi connectivity index (χ1n) is 8.03. The van der Waals surface area contributed by atoms with E-state index in [1.807, 2.05) is 39.8 Å². The third-order valence-corrected chi connectivity index (χ3v) is 4.61. The molecule has 2 heterocycles. The minimum Gasteiger partial charge on any atom is -0.482 e. The molecule has 1 atom stereocenters. The molecule has 0 aliphatic heterocycles. The number of rotatable bonds is 6. The van der Waals surface area contributed by atoms with Crippen LogP contribution >= 0.6 is 23.4 Å². The van der Waals surface area contributed by atoms with Crippen molar-refractivity contribution in [1.29, 1.82) is 0 Å². The Bertz CT molecular complexity index is 875. The van der Waals surface area contributed by atoms with Gasteiger partial charge in [-0.15, -0.1) is 10.2 Å². The Labute approximate surface area is 160 Å². The van der Waals surface area contributed by atoms with Gasteiger partial charge in [-0.25, -0.2) is 0 Å². The van der Waals surface area contributed by atoms with Gasteiger partial charge >= 0.3 is 0 Å². The molecule has 0 N–H and O–H groups in total. The van der Waals surface area contributed by atoms with Crippen LogP contribution in [0.3, 0.4) is 0 Å². The summed E-state index contributed by atoms with van der Waals surface area (Å²) < 4.78 is 16.5. The van der Waals surface area contributed by atoms with E-state index in [1.54, 1.807) is 12.1 Å². The molecular formula is C17H19ClN4O3S. The Morgan fingerprint density at radius 2 is 2.00 bits per heavy atom. The van der Waals surface area contributed by atoms with Gasteiger partial charge in [-0.2, -0.15) is 4.98 Å². The molecule has 3 rings (SSSR count). The predicted octanol–water partition coefficient (Wildman–Crippen LogP) is 4.84. The Kier molecular flexibility index (Phi) is 5.52. The number of aromatic nitrogens is 4. The van der Waals surface area contributed by atoms with Crippen molar-refractivity contribution >= 4 is 23.4 Å². The SMILES string of the molecule is C[C@H](Sc1nnc(COc2ccccc2Cl)o1)c1nc(C(C)(C)C)no1. The summed E-state index contributed by atoms with van der Waals surface area (Å²) >= 11 is 7.40. The fourth-order valence-electron chi connectivity index (χ4n) is 1.95. The number of thioether (sulfide) groups is 1. The summed E-state index contributed by atoms with van der Waals surface area (Å²) in [7, 11) is 0. The summed E-state index contributed by atoms with van der Waals surface area (Å²) in [5.41, 5.74) is -0.167. The van der Waals surface area contributed by atoms with E-state index in [4.69, 9.17) is 25.3 Å². The molecule has 0 amide bonds. The lowest BCUT2D eigenvalue weighted by Crippen LogP contribution is -2.13. The maximum atomic E-state index is 6.05. The molecule has 0 saturated carbocycles. The fourth-order valence-corrected chi connectivity index (χ4v) is 2.87. The smallest absolute Gasteiger partial charge is 0.277 e. The van der Waals surface area contributed by atoms with Gasteiger partial charge in [-0.05, 0) is 19.1 Å². The third-order valence-electron chi connectivity index (χ3n) is 3.37. The molecule has 0 aliphatic carbocycles. The third kappa shape index (κ3) is 4.56. The number of hydrogen-bond donors (Lipinski definition) is 0. The van der Waals surface area contributed by atoms with Crippen molar-refractivity contribution in [2.24, 2.45) is 0 Å². The number of benzene rings is 1. The Morgan fingerprint density at radius 3 is 2.69 bits per heavy atom. The molecule has 3 aromatic rings. The summed E-state index contributed by atoms with van der Waals surface area (Å²) in [6.45, 7) is 8.17. The molecular weight excluding hydrogens is 376 g/mol. The van der Waals surface area contributed by atoms with Gasteiger partial charge in [0.05, 0.1) is 10.3 Å². The van der Waals surface area contributed by atoms with Crippen molar-refractivity contribution < 1.29 is 13.7 Å². The number of hydrogen-bond acceptors (Lipinski definition) is 8. The van der Waals surface area contributed by atoms with Crippen molar-refractivity contribution in [3.63, 3.8) is 0 Å². The van der Waals surface area contributed by atoms with Gasteiger partial charge in [0.1, 0.15) is 5.75 Å². The molecule has 0 unspecified atom stereocenters. The van der Waals surface area contributed by atoms with Crippen LogP contribution in [-0.4, -0.2) is 20.3 Å². The zero-order valence-electron chi connectivity index (χ0n) is 14.9. The highest BCUT2D eigenvalue weighted by Crippen LogP contribution is 2.34. The van der Waals surface area contributed by atoms with Gasteiger partial charge < -0.3 is 13.7 Å². The summed E-state index contributed by atoms with van der Waals surface area (Å²) in [6.07, 6.45) is 0. The van der Waals surface area contributed by atoms with E-state index in [9.17, 15) is 0 Å². The average Bonchev–Trinajstić information content (AvgIpc) is 3.23. The van der Waals surface area contributed by atoms with E-state index >= 15 is 0 Å². The largest absolute Gasteiger partial charge is 0.482 e. The van der Waals surface area contributed by atoms with E-state index in [0.29, 0.717) is 33.6 Å². The van der Waals surface area contributed by atoms with Gasteiger partial charge in [0.15, 0.2) is 12.4 Å². The van der Waals surface area contributed by atoms with E-state index in [-0.39, 0.29) is 17.3 Å². The summed E-state index contributed by atoms with van der Waals surface area (Å²) in [5, 5.41) is 12.8.